The highest BCUT2D eigenvalue weighted by Crippen LogP contribution is 2.49. The summed E-state index contributed by atoms with van der Waals surface area (Å²) in [7, 11) is 0. The van der Waals surface area contributed by atoms with Crippen LogP contribution < -0.4 is 5.73 Å². The molecule has 2 N–H and O–H groups in total. The maximum atomic E-state index is 5.74. The molecule has 2 heterocycles. The average Bonchev–Trinajstić information content (AvgIpc) is 2.13. The van der Waals surface area contributed by atoms with Crippen molar-refractivity contribution in [2.24, 2.45) is 11.7 Å². The van der Waals surface area contributed by atoms with Gasteiger partial charge in [-0.15, -0.1) is 0 Å². The number of rotatable bonds is 1. The fraction of sp³-hybridized carbons (Fsp3) is 1.00. The van der Waals surface area contributed by atoms with Crippen LogP contribution in [0.2, 0.25) is 0 Å². The molecule has 1 atom stereocenters. The van der Waals surface area contributed by atoms with Crippen molar-refractivity contribution in [2.75, 3.05) is 6.61 Å². The molecule has 0 aromatic heterocycles. The van der Waals surface area contributed by atoms with Crippen molar-refractivity contribution in [3.63, 3.8) is 0 Å². The second kappa shape index (κ2) is 1.50. The van der Waals surface area contributed by atoms with Crippen LogP contribution in [0.4, 0.5) is 0 Å². The SMILES string of the molecule is C[C@H](N)C12CC(CO1)C2. The predicted molar refractivity (Wildman–Crippen MR) is 35.1 cm³/mol. The lowest BCUT2D eigenvalue weighted by molar-refractivity contribution is -0.0164. The summed E-state index contributed by atoms with van der Waals surface area (Å²) in [6, 6.07) is 0.233. The maximum absolute atomic E-state index is 5.74. The molecule has 52 valence electrons. The van der Waals surface area contributed by atoms with Gasteiger partial charge in [0.2, 0.25) is 0 Å². The van der Waals surface area contributed by atoms with Gasteiger partial charge in [0.25, 0.3) is 0 Å². The Kier molecular flexibility index (Phi) is 0.945. The van der Waals surface area contributed by atoms with E-state index in [4.69, 9.17) is 10.5 Å². The molecule has 2 bridgehead atoms. The van der Waals surface area contributed by atoms with E-state index in [1.54, 1.807) is 0 Å². The molecule has 0 radical (unpaired) electrons. The fourth-order valence-corrected chi connectivity index (χ4v) is 1.94. The van der Waals surface area contributed by atoms with Gasteiger partial charge in [0.05, 0.1) is 12.2 Å². The Balaban J connectivity index is 2.10. The lowest BCUT2D eigenvalue weighted by atomic mass is 9.71. The molecule has 2 heteroatoms. The van der Waals surface area contributed by atoms with Crippen molar-refractivity contribution in [2.45, 2.75) is 31.4 Å². The molecular formula is C7H13NO. The van der Waals surface area contributed by atoms with Crippen LogP contribution in [0.1, 0.15) is 19.8 Å². The molecule has 3 aliphatic rings. The molecule has 2 aliphatic heterocycles. The van der Waals surface area contributed by atoms with Gasteiger partial charge in [-0.1, -0.05) is 0 Å². The fourth-order valence-electron chi connectivity index (χ4n) is 1.94. The Morgan fingerprint density at radius 2 is 2.33 bits per heavy atom. The Labute approximate surface area is 55.4 Å². The number of hydrogen-bond acceptors (Lipinski definition) is 2. The van der Waals surface area contributed by atoms with Crippen molar-refractivity contribution in [1.82, 2.24) is 0 Å². The smallest absolute Gasteiger partial charge is 0.0837 e. The van der Waals surface area contributed by atoms with E-state index in [1.165, 1.54) is 12.8 Å². The summed E-state index contributed by atoms with van der Waals surface area (Å²) in [6.07, 6.45) is 2.43. The van der Waals surface area contributed by atoms with Crippen molar-refractivity contribution in [1.29, 1.82) is 0 Å². The van der Waals surface area contributed by atoms with E-state index >= 15 is 0 Å². The first-order valence-electron chi connectivity index (χ1n) is 3.62. The summed E-state index contributed by atoms with van der Waals surface area (Å²) in [5, 5.41) is 0. The van der Waals surface area contributed by atoms with Crippen LogP contribution in [0, 0.1) is 5.92 Å². The molecule has 0 aromatic carbocycles. The van der Waals surface area contributed by atoms with Gasteiger partial charge in [-0.2, -0.15) is 0 Å². The van der Waals surface area contributed by atoms with Crippen LogP contribution in [0.15, 0.2) is 0 Å². The van der Waals surface area contributed by atoms with E-state index in [0.29, 0.717) is 0 Å². The Morgan fingerprint density at radius 1 is 1.67 bits per heavy atom. The zero-order valence-electron chi connectivity index (χ0n) is 5.76. The summed E-state index contributed by atoms with van der Waals surface area (Å²) in [6.45, 7) is 3.00. The number of hydrogen-bond donors (Lipinski definition) is 1. The Morgan fingerprint density at radius 3 is 2.56 bits per heavy atom. The van der Waals surface area contributed by atoms with Gasteiger partial charge in [0, 0.05) is 6.04 Å². The molecule has 3 fully saturated rings. The van der Waals surface area contributed by atoms with Crippen LogP contribution in [0.25, 0.3) is 0 Å². The number of fused-ring (bicyclic) bond motifs is 1. The second-order valence-electron chi connectivity index (χ2n) is 3.44. The Bertz CT molecular complexity index is 121. The van der Waals surface area contributed by atoms with Gasteiger partial charge >= 0.3 is 0 Å². The third-order valence-corrected chi connectivity index (χ3v) is 2.70. The van der Waals surface area contributed by atoms with E-state index in [0.717, 1.165) is 12.5 Å². The lowest BCUT2D eigenvalue weighted by Gasteiger charge is -2.39. The van der Waals surface area contributed by atoms with Crippen LogP contribution >= 0.6 is 0 Å². The monoisotopic (exact) mass is 127 g/mol. The van der Waals surface area contributed by atoms with Crippen LogP contribution in [0.3, 0.4) is 0 Å². The number of nitrogens with two attached hydrogens (primary N) is 1. The van der Waals surface area contributed by atoms with Crippen LogP contribution in [-0.2, 0) is 4.74 Å². The van der Waals surface area contributed by atoms with Gasteiger partial charge < -0.3 is 10.5 Å². The summed E-state index contributed by atoms with van der Waals surface area (Å²) in [5.74, 6) is 0.844. The van der Waals surface area contributed by atoms with Gasteiger partial charge in [-0.3, -0.25) is 0 Å². The van der Waals surface area contributed by atoms with Crippen LogP contribution in [0.5, 0.6) is 0 Å². The highest BCUT2D eigenvalue weighted by molar-refractivity contribution is 5.05. The molecule has 3 rings (SSSR count). The van der Waals surface area contributed by atoms with Gasteiger partial charge in [-0.25, -0.2) is 0 Å². The van der Waals surface area contributed by atoms with E-state index in [-0.39, 0.29) is 11.6 Å². The quantitative estimate of drug-likeness (QED) is 0.557. The first-order chi connectivity index (χ1) is 4.23. The zero-order valence-corrected chi connectivity index (χ0v) is 5.76. The van der Waals surface area contributed by atoms with Crippen molar-refractivity contribution in [3.8, 4) is 0 Å². The summed E-state index contributed by atoms with van der Waals surface area (Å²) >= 11 is 0. The summed E-state index contributed by atoms with van der Waals surface area (Å²) < 4.78 is 5.55. The molecule has 9 heavy (non-hydrogen) atoms. The standard InChI is InChI=1S/C7H13NO/c1-5(8)7-2-6(3-7)4-9-7/h5-6H,2-4,8H2,1H3/t5-,6?,7?/m0/s1. The van der Waals surface area contributed by atoms with Crippen molar-refractivity contribution in [3.05, 3.63) is 0 Å². The highest BCUT2D eigenvalue weighted by Gasteiger charge is 2.53. The van der Waals surface area contributed by atoms with Crippen molar-refractivity contribution < 1.29 is 4.74 Å². The third kappa shape index (κ3) is 0.578. The lowest BCUT2D eigenvalue weighted by Crippen LogP contribution is -2.50. The first kappa shape index (κ1) is 5.69. The molecular weight excluding hydrogens is 114 g/mol. The predicted octanol–water partition coefficient (Wildman–Crippen LogP) is 0.513. The minimum Gasteiger partial charge on any atom is -0.373 e. The molecule has 0 spiro atoms. The average molecular weight is 127 g/mol. The molecule has 2 nitrogen and oxygen atoms in total. The largest absolute Gasteiger partial charge is 0.373 e. The highest BCUT2D eigenvalue weighted by atomic mass is 16.5. The molecule has 0 amide bonds. The summed E-state index contributed by atoms with van der Waals surface area (Å²) in [5.41, 5.74) is 5.86. The van der Waals surface area contributed by atoms with Crippen LogP contribution in [-0.4, -0.2) is 18.2 Å². The molecule has 1 aliphatic carbocycles. The molecule has 0 aromatic rings. The zero-order chi connectivity index (χ0) is 6.48. The molecule has 2 saturated heterocycles. The van der Waals surface area contributed by atoms with Gasteiger partial charge in [0.15, 0.2) is 0 Å². The van der Waals surface area contributed by atoms with Gasteiger partial charge in [-0.05, 0) is 25.7 Å². The van der Waals surface area contributed by atoms with E-state index < -0.39 is 0 Å². The topological polar surface area (TPSA) is 35.2 Å². The number of ether oxygens (including phenoxy) is 1. The van der Waals surface area contributed by atoms with E-state index in [2.05, 4.69) is 0 Å². The third-order valence-electron chi connectivity index (χ3n) is 2.70. The minimum absolute atomic E-state index is 0.116. The Hall–Kier alpha value is -0.0800. The van der Waals surface area contributed by atoms with Gasteiger partial charge in [0.1, 0.15) is 0 Å². The van der Waals surface area contributed by atoms with Crippen molar-refractivity contribution >= 4 is 0 Å². The van der Waals surface area contributed by atoms with E-state index in [1.807, 2.05) is 6.92 Å². The molecule has 1 saturated carbocycles. The maximum Gasteiger partial charge on any atom is 0.0837 e. The first-order valence-corrected chi connectivity index (χ1v) is 3.62. The minimum atomic E-state index is 0.116. The summed E-state index contributed by atoms with van der Waals surface area (Å²) in [4.78, 5) is 0. The normalized spacial score (nSPS) is 50.7. The molecule has 0 unspecified atom stereocenters. The second-order valence-corrected chi connectivity index (χ2v) is 3.44. The van der Waals surface area contributed by atoms with E-state index in [9.17, 15) is 0 Å².